The van der Waals surface area contributed by atoms with Crippen molar-refractivity contribution in [2.75, 3.05) is 25.1 Å². The van der Waals surface area contributed by atoms with Gasteiger partial charge in [-0.2, -0.15) is 11.8 Å². The molecule has 0 aromatic heterocycles. The summed E-state index contributed by atoms with van der Waals surface area (Å²) in [6.07, 6.45) is 2.24. The average Bonchev–Trinajstić information content (AvgIpc) is 2.75. The lowest BCUT2D eigenvalue weighted by molar-refractivity contribution is -0.149. The lowest BCUT2D eigenvalue weighted by Gasteiger charge is -2.12. The highest BCUT2D eigenvalue weighted by atomic mass is 32.2. The Balaban J connectivity index is 2.11. The first-order chi connectivity index (χ1) is 8.13. The number of hydrogen-bond acceptors (Lipinski definition) is 4. The smallest absolute Gasteiger partial charge is 0.332 e. The molecule has 0 aromatic carbocycles. The van der Waals surface area contributed by atoms with Gasteiger partial charge in [-0.1, -0.05) is 0 Å². The predicted octanol–water partition coefficient (Wildman–Crippen LogP) is 0.281. The SMILES string of the molecule is CSCCNC(=O)NCC1CCC(C(=O)O)O1. The zero-order valence-corrected chi connectivity index (χ0v) is 10.6. The van der Waals surface area contributed by atoms with Crippen molar-refractivity contribution in [3.05, 3.63) is 0 Å². The van der Waals surface area contributed by atoms with Crippen molar-refractivity contribution in [1.29, 1.82) is 0 Å². The van der Waals surface area contributed by atoms with E-state index in [1.807, 2.05) is 6.26 Å². The van der Waals surface area contributed by atoms with Gasteiger partial charge in [-0.15, -0.1) is 0 Å². The molecule has 1 aliphatic rings. The molecule has 7 heteroatoms. The highest BCUT2D eigenvalue weighted by Gasteiger charge is 2.30. The Morgan fingerprint density at radius 3 is 2.76 bits per heavy atom. The van der Waals surface area contributed by atoms with E-state index in [1.54, 1.807) is 11.8 Å². The maximum Gasteiger partial charge on any atom is 0.332 e. The Morgan fingerprint density at radius 2 is 2.18 bits per heavy atom. The van der Waals surface area contributed by atoms with Crippen LogP contribution in [0.4, 0.5) is 4.79 Å². The van der Waals surface area contributed by atoms with Crippen molar-refractivity contribution < 1.29 is 19.4 Å². The van der Waals surface area contributed by atoms with Crippen molar-refractivity contribution >= 4 is 23.8 Å². The average molecular weight is 262 g/mol. The molecule has 0 aromatic rings. The summed E-state index contributed by atoms with van der Waals surface area (Å²) in [4.78, 5) is 21.9. The Kier molecular flexibility index (Phi) is 6.13. The minimum atomic E-state index is -0.933. The maximum atomic E-state index is 11.3. The van der Waals surface area contributed by atoms with Crippen LogP contribution in [-0.2, 0) is 9.53 Å². The molecule has 1 saturated heterocycles. The van der Waals surface area contributed by atoms with Gasteiger partial charge in [0.05, 0.1) is 6.10 Å². The molecule has 1 rings (SSSR count). The fraction of sp³-hybridized carbons (Fsp3) is 0.800. The number of carboxylic acid groups (broad SMARTS) is 1. The van der Waals surface area contributed by atoms with Crippen LogP contribution in [-0.4, -0.2) is 54.4 Å². The molecule has 0 bridgehead atoms. The standard InChI is InChI=1S/C10H18N2O4S/c1-17-5-4-11-10(15)12-6-7-2-3-8(16-7)9(13)14/h7-8H,2-6H2,1H3,(H,13,14)(H2,11,12,15). The van der Waals surface area contributed by atoms with Crippen LogP contribution < -0.4 is 10.6 Å². The molecule has 2 unspecified atom stereocenters. The molecule has 6 nitrogen and oxygen atoms in total. The lowest BCUT2D eigenvalue weighted by atomic mass is 10.2. The van der Waals surface area contributed by atoms with E-state index in [2.05, 4.69) is 10.6 Å². The number of hydrogen-bond donors (Lipinski definition) is 3. The molecule has 0 saturated carbocycles. The zero-order valence-electron chi connectivity index (χ0n) is 9.77. The Bertz CT molecular complexity index is 275. The summed E-state index contributed by atoms with van der Waals surface area (Å²) in [5, 5.41) is 14.1. The van der Waals surface area contributed by atoms with Crippen LogP contribution in [0.5, 0.6) is 0 Å². The molecular weight excluding hydrogens is 244 g/mol. The second kappa shape index (κ2) is 7.39. The van der Waals surface area contributed by atoms with Crippen molar-refractivity contribution in [3.63, 3.8) is 0 Å². The molecule has 0 spiro atoms. The maximum absolute atomic E-state index is 11.3. The largest absolute Gasteiger partial charge is 0.479 e. The summed E-state index contributed by atoms with van der Waals surface area (Å²) < 4.78 is 5.25. The predicted molar refractivity (Wildman–Crippen MR) is 65.3 cm³/mol. The van der Waals surface area contributed by atoms with Gasteiger partial charge in [-0.3, -0.25) is 0 Å². The van der Waals surface area contributed by atoms with E-state index in [1.165, 1.54) is 0 Å². The first kappa shape index (κ1) is 14.1. The van der Waals surface area contributed by atoms with Gasteiger partial charge in [-0.25, -0.2) is 9.59 Å². The van der Waals surface area contributed by atoms with Crippen LogP contribution in [0.2, 0.25) is 0 Å². The molecule has 98 valence electrons. The molecule has 17 heavy (non-hydrogen) atoms. The van der Waals surface area contributed by atoms with Crippen LogP contribution in [0.15, 0.2) is 0 Å². The fourth-order valence-corrected chi connectivity index (χ4v) is 1.88. The molecular formula is C10H18N2O4S. The van der Waals surface area contributed by atoms with Crippen molar-refractivity contribution in [3.8, 4) is 0 Å². The molecule has 3 N–H and O–H groups in total. The van der Waals surface area contributed by atoms with Gasteiger partial charge < -0.3 is 20.5 Å². The third-order valence-corrected chi connectivity index (χ3v) is 3.08. The number of amides is 2. The summed E-state index contributed by atoms with van der Waals surface area (Å²) in [6, 6.07) is -0.235. The quantitative estimate of drug-likeness (QED) is 0.598. The van der Waals surface area contributed by atoms with Crippen LogP contribution in [0, 0.1) is 0 Å². The van der Waals surface area contributed by atoms with E-state index >= 15 is 0 Å². The highest BCUT2D eigenvalue weighted by Crippen LogP contribution is 2.18. The van der Waals surface area contributed by atoms with Gasteiger partial charge in [-0.05, 0) is 19.1 Å². The second-order valence-electron chi connectivity index (χ2n) is 3.79. The van der Waals surface area contributed by atoms with Gasteiger partial charge >= 0.3 is 12.0 Å². The molecule has 0 aliphatic carbocycles. The number of urea groups is 1. The van der Waals surface area contributed by atoms with E-state index in [0.29, 0.717) is 25.9 Å². The first-order valence-corrected chi connectivity index (χ1v) is 6.91. The third-order valence-electron chi connectivity index (χ3n) is 2.47. The third kappa shape index (κ3) is 5.27. The van der Waals surface area contributed by atoms with E-state index in [9.17, 15) is 9.59 Å². The monoisotopic (exact) mass is 262 g/mol. The first-order valence-electron chi connectivity index (χ1n) is 5.52. The molecule has 2 amide bonds. The normalized spacial score (nSPS) is 23.4. The second-order valence-corrected chi connectivity index (χ2v) is 4.78. The van der Waals surface area contributed by atoms with E-state index in [0.717, 1.165) is 5.75 Å². The summed E-state index contributed by atoms with van der Waals surface area (Å²) in [6.45, 7) is 0.977. The van der Waals surface area contributed by atoms with Gasteiger partial charge in [0.2, 0.25) is 0 Å². The van der Waals surface area contributed by atoms with Gasteiger partial charge in [0, 0.05) is 18.8 Å². The number of carbonyl (C=O) groups is 2. The van der Waals surface area contributed by atoms with Gasteiger partial charge in [0.1, 0.15) is 0 Å². The van der Waals surface area contributed by atoms with Crippen molar-refractivity contribution in [2.24, 2.45) is 0 Å². The summed E-state index contributed by atoms with van der Waals surface area (Å²) in [5.74, 6) is -0.0639. The molecule has 0 radical (unpaired) electrons. The number of thioether (sulfide) groups is 1. The van der Waals surface area contributed by atoms with Crippen LogP contribution in [0.25, 0.3) is 0 Å². The Morgan fingerprint density at radius 1 is 1.41 bits per heavy atom. The van der Waals surface area contributed by atoms with Crippen LogP contribution in [0.1, 0.15) is 12.8 Å². The number of aliphatic carboxylic acids is 1. The Labute approximate surface area is 104 Å². The lowest BCUT2D eigenvalue weighted by Crippen LogP contribution is -2.40. The van der Waals surface area contributed by atoms with E-state index in [-0.39, 0.29) is 12.1 Å². The molecule has 1 aliphatic heterocycles. The molecule has 2 atom stereocenters. The molecule has 1 fully saturated rings. The number of ether oxygens (including phenoxy) is 1. The number of carbonyl (C=O) groups excluding carboxylic acids is 1. The van der Waals surface area contributed by atoms with Crippen LogP contribution in [0.3, 0.4) is 0 Å². The summed E-state index contributed by atoms with van der Waals surface area (Å²) in [7, 11) is 0. The zero-order chi connectivity index (χ0) is 12.7. The fourth-order valence-electron chi connectivity index (χ4n) is 1.57. The Hall–Kier alpha value is -0.950. The van der Waals surface area contributed by atoms with Crippen molar-refractivity contribution in [2.45, 2.75) is 25.0 Å². The number of rotatable bonds is 6. The minimum absolute atomic E-state index is 0.192. The minimum Gasteiger partial charge on any atom is -0.479 e. The number of carboxylic acids is 1. The van der Waals surface area contributed by atoms with E-state index < -0.39 is 12.1 Å². The molecule has 1 heterocycles. The summed E-state index contributed by atoms with van der Waals surface area (Å²) >= 11 is 1.66. The van der Waals surface area contributed by atoms with Crippen molar-refractivity contribution in [1.82, 2.24) is 10.6 Å². The van der Waals surface area contributed by atoms with Crippen LogP contribution >= 0.6 is 11.8 Å². The van der Waals surface area contributed by atoms with E-state index in [4.69, 9.17) is 9.84 Å². The van der Waals surface area contributed by atoms with Gasteiger partial charge in [0.15, 0.2) is 6.10 Å². The topological polar surface area (TPSA) is 87.7 Å². The summed E-state index contributed by atoms with van der Waals surface area (Å²) in [5.41, 5.74) is 0. The van der Waals surface area contributed by atoms with Gasteiger partial charge in [0.25, 0.3) is 0 Å². The highest BCUT2D eigenvalue weighted by molar-refractivity contribution is 7.98. The number of nitrogens with one attached hydrogen (secondary N) is 2.